The van der Waals surface area contributed by atoms with Gasteiger partial charge in [-0.2, -0.15) is 4.98 Å². The molecule has 0 aliphatic heterocycles. The number of aromatic nitrogens is 1. The first-order chi connectivity index (χ1) is 8.17. The Bertz CT molecular complexity index is 384. The molecule has 0 aliphatic rings. The number of nitrogens with one attached hydrogen (secondary N) is 1. The fourth-order valence-electron chi connectivity index (χ4n) is 1.18. The zero-order valence-electron chi connectivity index (χ0n) is 9.80. The van der Waals surface area contributed by atoms with Crippen molar-refractivity contribution in [2.24, 2.45) is 0 Å². The number of hydrogen-bond acceptors (Lipinski definition) is 6. The summed E-state index contributed by atoms with van der Waals surface area (Å²) in [6.45, 7) is 0.985. The molecule has 1 N–H and O–H groups in total. The standard InChI is InChI=1S/C10H15N3O4/c1-11-9-6-8(13(14)15)7-10(12-9)17-5-3-4-16-2/h6-7H,3-5H2,1-2H3,(H,11,12). The third-order valence-corrected chi connectivity index (χ3v) is 2.00. The summed E-state index contributed by atoms with van der Waals surface area (Å²) >= 11 is 0. The fraction of sp³-hybridized carbons (Fsp3) is 0.500. The predicted octanol–water partition coefficient (Wildman–Crippen LogP) is 1.45. The Morgan fingerprint density at radius 1 is 1.47 bits per heavy atom. The van der Waals surface area contributed by atoms with Crippen LogP contribution < -0.4 is 10.1 Å². The Hall–Kier alpha value is -1.89. The van der Waals surface area contributed by atoms with Crippen LogP contribution in [0.1, 0.15) is 6.42 Å². The molecule has 0 aliphatic carbocycles. The maximum absolute atomic E-state index is 10.7. The molecule has 0 bridgehead atoms. The summed E-state index contributed by atoms with van der Waals surface area (Å²) in [5, 5.41) is 13.4. The second kappa shape index (κ2) is 6.64. The number of nitro groups is 1. The van der Waals surface area contributed by atoms with E-state index < -0.39 is 4.92 Å². The zero-order valence-corrected chi connectivity index (χ0v) is 9.80. The van der Waals surface area contributed by atoms with Crippen LogP contribution in [0.25, 0.3) is 0 Å². The smallest absolute Gasteiger partial charge is 0.278 e. The lowest BCUT2D eigenvalue weighted by atomic mass is 10.4. The normalized spacial score (nSPS) is 10.0. The summed E-state index contributed by atoms with van der Waals surface area (Å²) in [5.74, 6) is 0.639. The molecule has 0 amide bonds. The number of methoxy groups -OCH3 is 1. The van der Waals surface area contributed by atoms with Crippen LogP contribution in [0, 0.1) is 10.1 Å². The molecule has 0 atom stereocenters. The van der Waals surface area contributed by atoms with E-state index in [-0.39, 0.29) is 11.6 Å². The lowest BCUT2D eigenvalue weighted by Crippen LogP contribution is -2.04. The minimum atomic E-state index is -0.482. The van der Waals surface area contributed by atoms with Crippen molar-refractivity contribution in [3.8, 4) is 5.88 Å². The maximum Gasteiger partial charge on any atom is 0.278 e. The van der Waals surface area contributed by atoms with Gasteiger partial charge in [-0.1, -0.05) is 0 Å². The molecule has 17 heavy (non-hydrogen) atoms. The van der Waals surface area contributed by atoms with Crippen molar-refractivity contribution in [3.63, 3.8) is 0 Å². The van der Waals surface area contributed by atoms with E-state index in [1.807, 2.05) is 0 Å². The molecule has 0 aromatic carbocycles. The van der Waals surface area contributed by atoms with E-state index in [0.717, 1.165) is 0 Å². The first-order valence-corrected chi connectivity index (χ1v) is 5.13. The average Bonchev–Trinajstić information content (AvgIpc) is 2.34. The molecule has 94 valence electrons. The van der Waals surface area contributed by atoms with E-state index in [1.54, 1.807) is 14.2 Å². The summed E-state index contributed by atoms with van der Waals surface area (Å²) in [6.07, 6.45) is 0.704. The van der Waals surface area contributed by atoms with Crippen LogP contribution in [0.4, 0.5) is 11.5 Å². The first-order valence-electron chi connectivity index (χ1n) is 5.13. The van der Waals surface area contributed by atoms with Crippen LogP contribution in [-0.2, 0) is 4.74 Å². The molecule has 0 unspecified atom stereocenters. The molecular formula is C10H15N3O4. The third kappa shape index (κ3) is 4.23. The highest BCUT2D eigenvalue weighted by atomic mass is 16.6. The molecule has 0 fully saturated rings. The number of hydrogen-bond donors (Lipinski definition) is 1. The van der Waals surface area contributed by atoms with Gasteiger partial charge in [-0.05, 0) is 0 Å². The van der Waals surface area contributed by atoms with Gasteiger partial charge >= 0.3 is 0 Å². The Labute approximate surface area is 98.9 Å². The van der Waals surface area contributed by atoms with Crippen molar-refractivity contribution in [3.05, 3.63) is 22.2 Å². The number of rotatable bonds is 7. The Morgan fingerprint density at radius 3 is 2.82 bits per heavy atom. The van der Waals surface area contributed by atoms with Crippen molar-refractivity contribution in [2.75, 3.05) is 32.7 Å². The lowest BCUT2D eigenvalue weighted by Gasteiger charge is -2.06. The van der Waals surface area contributed by atoms with Gasteiger partial charge in [0, 0.05) is 27.2 Å². The highest BCUT2D eigenvalue weighted by molar-refractivity contribution is 5.47. The topological polar surface area (TPSA) is 86.5 Å². The Balaban J connectivity index is 2.70. The van der Waals surface area contributed by atoms with Crippen molar-refractivity contribution in [2.45, 2.75) is 6.42 Å². The third-order valence-electron chi connectivity index (χ3n) is 2.00. The predicted molar refractivity (Wildman–Crippen MR) is 62.4 cm³/mol. The summed E-state index contributed by atoms with van der Waals surface area (Å²) < 4.78 is 10.2. The van der Waals surface area contributed by atoms with Gasteiger partial charge < -0.3 is 14.8 Å². The molecule has 7 heteroatoms. The first kappa shape index (κ1) is 13.2. The van der Waals surface area contributed by atoms with E-state index in [4.69, 9.17) is 9.47 Å². The van der Waals surface area contributed by atoms with E-state index in [0.29, 0.717) is 25.5 Å². The van der Waals surface area contributed by atoms with Crippen molar-refractivity contribution >= 4 is 11.5 Å². The van der Waals surface area contributed by atoms with Crippen molar-refractivity contribution in [1.29, 1.82) is 0 Å². The lowest BCUT2D eigenvalue weighted by molar-refractivity contribution is -0.384. The molecule has 1 aromatic rings. The van der Waals surface area contributed by atoms with Crippen molar-refractivity contribution in [1.82, 2.24) is 4.98 Å². The van der Waals surface area contributed by atoms with Gasteiger partial charge in [-0.25, -0.2) is 0 Å². The van der Waals surface area contributed by atoms with Gasteiger partial charge in [-0.15, -0.1) is 0 Å². The van der Waals surface area contributed by atoms with Gasteiger partial charge in [0.2, 0.25) is 5.88 Å². The molecular weight excluding hydrogens is 226 g/mol. The highest BCUT2D eigenvalue weighted by Crippen LogP contribution is 2.21. The zero-order chi connectivity index (χ0) is 12.7. The monoisotopic (exact) mass is 241 g/mol. The average molecular weight is 241 g/mol. The van der Waals surface area contributed by atoms with Crippen LogP contribution in [-0.4, -0.2) is 37.3 Å². The molecule has 1 rings (SSSR count). The molecule has 0 saturated carbocycles. The summed E-state index contributed by atoms with van der Waals surface area (Å²) in [6, 6.07) is 2.65. The van der Waals surface area contributed by atoms with Gasteiger partial charge in [-0.3, -0.25) is 10.1 Å². The molecule has 1 aromatic heterocycles. The van der Waals surface area contributed by atoms with Gasteiger partial charge in [0.15, 0.2) is 0 Å². The molecule has 0 spiro atoms. The number of ether oxygens (including phenoxy) is 2. The largest absolute Gasteiger partial charge is 0.477 e. The van der Waals surface area contributed by atoms with Crippen molar-refractivity contribution < 1.29 is 14.4 Å². The van der Waals surface area contributed by atoms with E-state index in [2.05, 4.69) is 10.3 Å². The summed E-state index contributed by atoms with van der Waals surface area (Å²) in [4.78, 5) is 14.2. The number of nitrogens with zero attached hydrogens (tertiary/aromatic N) is 2. The fourth-order valence-corrected chi connectivity index (χ4v) is 1.18. The second-order valence-electron chi connectivity index (χ2n) is 3.25. The SMILES string of the molecule is CNc1cc([N+](=O)[O-])cc(OCCCOC)n1. The summed E-state index contributed by atoms with van der Waals surface area (Å²) in [7, 11) is 3.24. The van der Waals surface area contributed by atoms with E-state index in [9.17, 15) is 10.1 Å². The van der Waals surface area contributed by atoms with Crippen LogP contribution in [0.2, 0.25) is 0 Å². The molecule has 0 radical (unpaired) electrons. The Morgan fingerprint density at radius 2 is 2.24 bits per heavy atom. The summed E-state index contributed by atoms with van der Waals surface area (Å²) in [5.41, 5.74) is -0.0499. The number of anilines is 1. The van der Waals surface area contributed by atoms with E-state index >= 15 is 0 Å². The van der Waals surface area contributed by atoms with Crippen LogP contribution in [0.3, 0.4) is 0 Å². The van der Waals surface area contributed by atoms with Gasteiger partial charge in [0.05, 0.1) is 23.7 Å². The molecule has 7 nitrogen and oxygen atoms in total. The van der Waals surface area contributed by atoms with Crippen LogP contribution in [0.15, 0.2) is 12.1 Å². The van der Waals surface area contributed by atoms with E-state index in [1.165, 1.54) is 12.1 Å². The van der Waals surface area contributed by atoms with Crippen LogP contribution in [0.5, 0.6) is 5.88 Å². The maximum atomic E-state index is 10.7. The van der Waals surface area contributed by atoms with Gasteiger partial charge in [0.1, 0.15) is 5.82 Å². The van der Waals surface area contributed by atoms with Gasteiger partial charge in [0.25, 0.3) is 5.69 Å². The minimum Gasteiger partial charge on any atom is -0.477 e. The molecule has 1 heterocycles. The number of pyridine rings is 1. The quantitative estimate of drug-likeness (QED) is 0.441. The second-order valence-corrected chi connectivity index (χ2v) is 3.25. The minimum absolute atomic E-state index is 0.0499. The highest BCUT2D eigenvalue weighted by Gasteiger charge is 2.11. The Kier molecular flexibility index (Phi) is 5.15. The molecule has 0 saturated heterocycles. The van der Waals surface area contributed by atoms with Crippen LogP contribution >= 0.6 is 0 Å².